The number of likely N-dealkylation sites (tertiary alicyclic amines) is 1. The summed E-state index contributed by atoms with van der Waals surface area (Å²) in [5.74, 6) is 0. The molecule has 2 aliphatic rings. The third kappa shape index (κ3) is 3.25. The van der Waals surface area contributed by atoms with Crippen LogP contribution in [0.2, 0.25) is 5.02 Å². The van der Waals surface area contributed by atoms with Crippen molar-refractivity contribution in [2.75, 3.05) is 25.5 Å². The second-order valence-corrected chi connectivity index (χ2v) is 6.60. The molecule has 8 heteroatoms. The van der Waals surface area contributed by atoms with Crippen molar-refractivity contribution >= 4 is 29.0 Å². The predicted octanol–water partition coefficient (Wildman–Crippen LogP) is 2.95. The van der Waals surface area contributed by atoms with Gasteiger partial charge in [0.2, 0.25) is 0 Å². The van der Waals surface area contributed by atoms with Gasteiger partial charge >= 0.3 is 6.03 Å². The minimum absolute atomic E-state index is 0.0931. The van der Waals surface area contributed by atoms with Gasteiger partial charge in [-0.3, -0.25) is 10.1 Å². The molecule has 2 amide bonds. The lowest BCUT2D eigenvalue weighted by atomic mass is 10.1. The topological polar surface area (TPSA) is 78.7 Å². The second-order valence-electron chi connectivity index (χ2n) is 6.19. The molecule has 0 unspecified atom stereocenters. The van der Waals surface area contributed by atoms with Crippen LogP contribution in [0.15, 0.2) is 18.2 Å². The van der Waals surface area contributed by atoms with Gasteiger partial charge < -0.3 is 15.1 Å². The summed E-state index contributed by atoms with van der Waals surface area (Å²) in [6.07, 6.45) is 3.00. The van der Waals surface area contributed by atoms with E-state index in [0.717, 1.165) is 32.4 Å². The molecule has 0 aliphatic carbocycles. The number of non-ortho nitro benzene ring substituents is 1. The van der Waals surface area contributed by atoms with Gasteiger partial charge in [0, 0.05) is 30.8 Å². The first kappa shape index (κ1) is 16.0. The summed E-state index contributed by atoms with van der Waals surface area (Å²) in [6, 6.07) is 4.35. The lowest BCUT2D eigenvalue weighted by Gasteiger charge is -2.28. The summed E-state index contributed by atoms with van der Waals surface area (Å²) < 4.78 is 0. The van der Waals surface area contributed by atoms with Gasteiger partial charge in [-0.25, -0.2) is 4.79 Å². The molecule has 7 nitrogen and oxygen atoms in total. The summed E-state index contributed by atoms with van der Waals surface area (Å²) in [6.45, 7) is 1.86. The fourth-order valence-corrected chi connectivity index (χ4v) is 3.70. The number of hydrogen-bond acceptors (Lipinski definition) is 4. The van der Waals surface area contributed by atoms with Gasteiger partial charge in [-0.15, -0.1) is 0 Å². The van der Waals surface area contributed by atoms with Crippen molar-refractivity contribution in [2.45, 2.75) is 31.3 Å². The fourth-order valence-electron chi connectivity index (χ4n) is 3.47. The van der Waals surface area contributed by atoms with Crippen molar-refractivity contribution in [3.8, 4) is 0 Å². The highest BCUT2D eigenvalue weighted by molar-refractivity contribution is 6.33. The molecule has 2 aliphatic heterocycles. The molecule has 2 bridgehead atoms. The van der Waals surface area contributed by atoms with Crippen LogP contribution in [0, 0.1) is 10.1 Å². The normalized spacial score (nSPS) is 24.3. The molecule has 2 saturated heterocycles. The highest BCUT2D eigenvalue weighted by Gasteiger charge is 2.39. The monoisotopic (exact) mass is 338 g/mol. The molecule has 2 atom stereocenters. The zero-order valence-corrected chi connectivity index (χ0v) is 13.6. The lowest BCUT2D eigenvalue weighted by molar-refractivity contribution is -0.384. The van der Waals surface area contributed by atoms with E-state index in [1.807, 2.05) is 4.90 Å². The molecule has 2 heterocycles. The molecule has 0 spiro atoms. The molecule has 0 aromatic heterocycles. The van der Waals surface area contributed by atoms with Crippen LogP contribution in [0.25, 0.3) is 0 Å². The number of likely N-dealkylation sites (N-methyl/N-ethyl adjacent to an activating group) is 1. The first-order chi connectivity index (χ1) is 11.0. The number of halogens is 1. The van der Waals surface area contributed by atoms with Crippen molar-refractivity contribution in [3.05, 3.63) is 33.3 Å². The number of hydrogen-bond donors (Lipinski definition) is 1. The van der Waals surface area contributed by atoms with Crippen LogP contribution in [-0.4, -0.2) is 53.0 Å². The minimum atomic E-state index is -0.512. The van der Waals surface area contributed by atoms with Crippen LogP contribution in [0.4, 0.5) is 16.2 Å². The second kappa shape index (κ2) is 6.33. The van der Waals surface area contributed by atoms with E-state index in [9.17, 15) is 14.9 Å². The minimum Gasteiger partial charge on any atom is -0.317 e. The zero-order valence-electron chi connectivity index (χ0n) is 12.9. The summed E-state index contributed by atoms with van der Waals surface area (Å²) in [5.41, 5.74) is 0.309. The number of nitro groups is 1. The largest absolute Gasteiger partial charge is 0.322 e. The first-order valence-corrected chi connectivity index (χ1v) is 8.05. The van der Waals surface area contributed by atoms with Gasteiger partial charge in [-0.2, -0.15) is 0 Å². The Morgan fingerprint density at radius 1 is 1.35 bits per heavy atom. The molecule has 1 aromatic rings. The number of fused-ring (bicyclic) bond motifs is 2. The number of urea groups is 1. The van der Waals surface area contributed by atoms with Gasteiger partial charge in [0.25, 0.3) is 5.69 Å². The quantitative estimate of drug-likeness (QED) is 0.664. The van der Waals surface area contributed by atoms with E-state index in [1.165, 1.54) is 18.2 Å². The highest BCUT2D eigenvalue weighted by atomic mass is 35.5. The van der Waals surface area contributed by atoms with Crippen LogP contribution >= 0.6 is 11.6 Å². The Morgan fingerprint density at radius 2 is 2.09 bits per heavy atom. The van der Waals surface area contributed by atoms with Crippen molar-refractivity contribution in [2.24, 2.45) is 0 Å². The maximum absolute atomic E-state index is 12.7. The maximum atomic E-state index is 12.7. The van der Waals surface area contributed by atoms with Crippen molar-refractivity contribution < 1.29 is 9.72 Å². The van der Waals surface area contributed by atoms with E-state index < -0.39 is 4.92 Å². The Bertz CT molecular complexity index is 639. The Morgan fingerprint density at radius 3 is 2.78 bits per heavy atom. The number of benzene rings is 1. The zero-order chi connectivity index (χ0) is 16.6. The predicted molar refractivity (Wildman–Crippen MR) is 87.9 cm³/mol. The molecule has 1 aromatic carbocycles. The molecule has 0 radical (unpaired) electrons. The van der Waals surface area contributed by atoms with E-state index >= 15 is 0 Å². The van der Waals surface area contributed by atoms with Crippen LogP contribution in [-0.2, 0) is 0 Å². The van der Waals surface area contributed by atoms with E-state index in [0.29, 0.717) is 5.69 Å². The fraction of sp³-hybridized carbons (Fsp3) is 0.533. The van der Waals surface area contributed by atoms with Crippen molar-refractivity contribution in [1.82, 2.24) is 9.80 Å². The molecular weight excluding hydrogens is 320 g/mol. The van der Waals surface area contributed by atoms with Gasteiger partial charge in [-0.1, -0.05) is 11.6 Å². The molecule has 23 heavy (non-hydrogen) atoms. The summed E-state index contributed by atoms with van der Waals surface area (Å²) in [4.78, 5) is 27.1. The third-order valence-corrected chi connectivity index (χ3v) is 4.94. The number of nitro benzene ring substituents is 1. The molecule has 2 fully saturated rings. The highest BCUT2D eigenvalue weighted by Crippen LogP contribution is 2.32. The number of anilines is 1. The first-order valence-electron chi connectivity index (χ1n) is 7.67. The van der Waals surface area contributed by atoms with Gasteiger partial charge in [-0.05, 0) is 38.9 Å². The number of nitrogens with one attached hydrogen (secondary N) is 1. The summed E-state index contributed by atoms with van der Waals surface area (Å²) in [7, 11) is 2.07. The number of rotatable bonds is 2. The van der Waals surface area contributed by atoms with Crippen molar-refractivity contribution in [1.29, 1.82) is 0 Å². The Labute approximate surface area is 139 Å². The Hall–Kier alpha value is -1.86. The smallest absolute Gasteiger partial charge is 0.317 e. The van der Waals surface area contributed by atoms with E-state index in [2.05, 4.69) is 17.3 Å². The molecule has 3 rings (SSSR count). The van der Waals surface area contributed by atoms with Crippen LogP contribution in [0.3, 0.4) is 0 Å². The Kier molecular flexibility index (Phi) is 4.41. The van der Waals surface area contributed by atoms with Gasteiger partial charge in [0.15, 0.2) is 0 Å². The summed E-state index contributed by atoms with van der Waals surface area (Å²) >= 11 is 6.05. The number of amides is 2. The van der Waals surface area contributed by atoms with E-state index in [4.69, 9.17) is 11.6 Å². The average molecular weight is 339 g/mol. The van der Waals surface area contributed by atoms with Crippen molar-refractivity contribution in [3.63, 3.8) is 0 Å². The van der Waals surface area contributed by atoms with Crippen LogP contribution in [0.1, 0.15) is 19.3 Å². The maximum Gasteiger partial charge on any atom is 0.322 e. The average Bonchev–Trinajstić information content (AvgIpc) is 2.80. The number of carbonyl (C=O) groups is 1. The van der Waals surface area contributed by atoms with Crippen LogP contribution < -0.4 is 5.32 Å². The third-order valence-electron chi connectivity index (χ3n) is 4.63. The van der Waals surface area contributed by atoms with E-state index in [-0.39, 0.29) is 28.8 Å². The number of nitrogens with zero attached hydrogens (tertiary/aromatic N) is 3. The summed E-state index contributed by atoms with van der Waals surface area (Å²) in [5, 5.41) is 13.7. The molecular formula is C15H19ClN4O3. The molecule has 124 valence electrons. The van der Waals surface area contributed by atoms with E-state index in [1.54, 1.807) is 0 Å². The van der Waals surface area contributed by atoms with Gasteiger partial charge in [0.05, 0.1) is 15.6 Å². The van der Waals surface area contributed by atoms with Crippen LogP contribution in [0.5, 0.6) is 0 Å². The molecule has 1 N–H and O–H groups in total. The Balaban J connectivity index is 1.75. The number of carbonyl (C=O) groups excluding carboxylic acids is 1. The SMILES string of the molecule is CN1CC[C@H]2CC[C@H](C1)N2C(=O)Nc1ccc([N+](=O)[O-])cc1Cl. The molecule has 0 saturated carbocycles. The lowest BCUT2D eigenvalue weighted by Crippen LogP contribution is -2.45. The standard InChI is InChI=1S/C15H19ClN4O3/c1-18-7-6-10-2-3-12(9-18)19(10)15(21)17-14-5-4-11(20(22)23)8-13(14)16/h4-5,8,10,12H,2-3,6-7,9H2,1H3,(H,17,21)/t10-,12-/m1/s1. The van der Waals surface area contributed by atoms with Gasteiger partial charge in [0.1, 0.15) is 0 Å².